The van der Waals surface area contributed by atoms with Gasteiger partial charge in [-0.1, -0.05) is 0 Å². The standard InChI is InChI=1S/C2ClF3N4/c3-10-1(2(4,5)6)7-8-9-10. The summed E-state index contributed by atoms with van der Waals surface area (Å²) in [6, 6.07) is 0. The molecule has 0 aliphatic rings. The molecule has 0 saturated carbocycles. The Balaban J connectivity index is 3.05. The smallest absolute Gasteiger partial charge is 0.163 e. The van der Waals surface area contributed by atoms with E-state index in [-0.39, 0.29) is 4.20 Å². The predicted molar refractivity (Wildman–Crippen MR) is 24.1 cm³/mol. The second kappa shape index (κ2) is 2.08. The molecule has 0 saturated heterocycles. The van der Waals surface area contributed by atoms with Gasteiger partial charge in [-0.15, -0.1) is 9.30 Å². The molecule has 1 rings (SSSR count). The molecule has 0 spiro atoms. The van der Waals surface area contributed by atoms with E-state index in [4.69, 9.17) is 11.8 Å². The summed E-state index contributed by atoms with van der Waals surface area (Å²) < 4.78 is 34.9. The third kappa shape index (κ3) is 1.18. The van der Waals surface area contributed by atoms with Crippen LogP contribution in [0.15, 0.2) is 0 Å². The first-order valence-electron chi connectivity index (χ1n) is 2.03. The van der Waals surface area contributed by atoms with Crippen molar-refractivity contribution in [3.63, 3.8) is 0 Å². The molecule has 8 heteroatoms. The molecule has 0 amide bonds. The highest BCUT2D eigenvalue weighted by atomic mass is 35.5. The Morgan fingerprint density at radius 1 is 1.40 bits per heavy atom. The molecule has 1 aromatic rings. The molecule has 0 bridgehead atoms. The molecule has 10 heavy (non-hydrogen) atoms. The number of aromatic nitrogens is 4. The van der Waals surface area contributed by atoms with Crippen LogP contribution < -0.4 is 0 Å². The van der Waals surface area contributed by atoms with Gasteiger partial charge in [-0.25, -0.2) is 0 Å². The zero-order valence-electron chi connectivity index (χ0n) is 4.30. The van der Waals surface area contributed by atoms with Gasteiger partial charge in [0.15, 0.2) is 0 Å². The average Bonchev–Trinajstić information content (AvgIpc) is 2.11. The highest BCUT2D eigenvalue weighted by Gasteiger charge is 2.37. The van der Waals surface area contributed by atoms with Crippen molar-refractivity contribution in [3.05, 3.63) is 5.82 Å². The van der Waals surface area contributed by atoms with Crippen LogP contribution in [-0.4, -0.2) is 19.7 Å². The number of hydrogen-bond acceptors (Lipinski definition) is 3. The summed E-state index contributed by atoms with van der Waals surface area (Å²) in [6.07, 6.45) is -4.59. The molecule has 0 aromatic carbocycles. The second-order valence-corrected chi connectivity index (χ2v) is 1.68. The monoisotopic (exact) mass is 172 g/mol. The van der Waals surface area contributed by atoms with Gasteiger partial charge in [-0.3, -0.25) is 0 Å². The van der Waals surface area contributed by atoms with Crippen LogP contribution in [0.5, 0.6) is 0 Å². The van der Waals surface area contributed by atoms with E-state index < -0.39 is 12.0 Å². The predicted octanol–water partition coefficient (Wildman–Crippen LogP) is 0.694. The van der Waals surface area contributed by atoms with Crippen molar-refractivity contribution in [2.24, 2.45) is 0 Å². The Hall–Kier alpha value is -0.850. The van der Waals surface area contributed by atoms with Crippen LogP contribution in [0, 0.1) is 0 Å². The molecular formula is C2ClF3N4. The van der Waals surface area contributed by atoms with Gasteiger partial charge in [0.2, 0.25) is 0 Å². The van der Waals surface area contributed by atoms with Crippen LogP contribution in [0.25, 0.3) is 0 Å². The third-order valence-corrected chi connectivity index (χ3v) is 0.914. The number of nitrogens with zero attached hydrogens (tertiary/aromatic N) is 4. The Bertz CT molecular complexity index is 229. The van der Waals surface area contributed by atoms with E-state index in [1.165, 1.54) is 0 Å². The van der Waals surface area contributed by atoms with E-state index in [9.17, 15) is 13.2 Å². The Morgan fingerprint density at radius 2 is 2.00 bits per heavy atom. The zero-order valence-corrected chi connectivity index (χ0v) is 5.06. The normalized spacial score (nSPS) is 12.0. The topological polar surface area (TPSA) is 43.6 Å². The first-order chi connectivity index (χ1) is 4.52. The van der Waals surface area contributed by atoms with Crippen molar-refractivity contribution < 1.29 is 13.2 Å². The van der Waals surface area contributed by atoms with E-state index in [0.717, 1.165) is 0 Å². The minimum absolute atomic E-state index is 0.0417. The van der Waals surface area contributed by atoms with E-state index >= 15 is 0 Å². The maximum atomic E-state index is 11.6. The van der Waals surface area contributed by atoms with Gasteiger partial charge in [0.25, 0.3) is 5.82 Å². The quantitative estimate of drug-likeness (QED) is 0.578. The summed E-state index contributed by atoms with van der Waals surface area (Å²) in [4.78, 5) is 0. The van der Waals surface area contributed by atoms with Crippen molar-refractivity contribution in [2.45, 2.75) is 6.18 Å². The molecule has 0 unspecified atom stereocenters. The maximum absolute atomic E-state index is 11.6. The second-order valence-electron chi connectivity index (χ2n) is 1.36. The largest absolute Gasteiger partial charge is 0.454 e. The lowest BCUT2D eigenvalue weighted by Crippen LogP contribution is -2.10. The lowest BCUT2D eigenvalue weighted by molar-refractivity contribution is -0.145. The molecule has 0 aliphatic heterocycles. The zero-order chi connectivity index (χ0) is 7.78. The van der Waals surface area contributed by atoms with Crippen LogP contribution in [0.4, 0.5) is 13.2 Å². The molecule has 56 valence electrons. The van der Waals surface area contributed by atoms with Crippen molar-refractivity contribution in [3.8, 4) is 0 Å². The molecule has 1 aromatic heterocycles. The SMILES string of the molecule is FC(F)(F)c1nnnn1Cl. The van der Waals surface area contributed by atoms with Crippen molar-refractivity contribution in [1.29, 1.82) is 0 Å². The third-order valence-electron chi connectivity index (χ3n) is 0.686. The Kier molecular flexibility index (Phi) is 1.51. The molecule has 1 heterocycles. The van der Waals surface area contributed by atoms with Crippen LogP contribution in [0.2, 0.25) is 0 Å². The van der Waals surface area contributed by atoms with Gasteiger partial charge < -0.3 is 0 Å². The van der Waals surface area contributed by atoms with Gasteiger partial charge in [-0.2, -0.15) is 13.2 Å². The molecule has 0 aliphatic carbocycles. The van der Waals surface area contributed by atoms with Gasteiger partial charge in [-0.05, 0) is 10.4 Å². The summed E-state index contributed by atoms with van der Waals surface area (Å²) in [5, 5.41) is 8.12. The number of tetrazole rings is 1. The Morgan fingerprint density at radius 3 is 2.20 bits per heavy atom. The van der Waals surface area contributed by atoms with Crippen LogP contribution in [-0.2, 0) is 6.18 Å². The highest BCUT2D eigenvalue weighted by Crippen LogP contribution is 2.26. The fourth-order valence-corrected chi connectivity index (χ4v) is 0.498. The fourth-order valence-electron chi connectivity index (χ4n) is 0.338. The highest BCUT2D eigenvalue weighted by molar-refractivity contribution is 6.14. The molecule has 4 nitrogen and oxygen atoms in total. The van der Waals surface area contributed by atoms with E-state index in [1.54, 1.807) is 0 Å². The van der Waals surface area contributed by atoms with Gasteiger partial charge >= 0.3 is 6.18 Å². The number of halogens is 4. The lowest BCUT2D eigenvalue weighted by Gasteiger charge is -1.99. The molecular weight excluding hydrogens is 172 g/mol. The maximum Gasteiger partial charge on any atom is 0.454 e. The fraction of sp³-hybridized carbons (Fsp3) is 0.500. The number of alkyl halides is 3. The average molecular weight is 172 g/mol. The van der Waals surface area contributed by atoms with Crippen LogP contribution >= 0.6 is 11.8 Å². The van der Waals surface area contributed by atoms with Crippen molar-refractivity contribution in [1.82, 2.24) is 19.7 Å². The molecule has 0 N–H and O–H groups in total. The lowest BCUT2D eigenvalue weighted by atomic mass is 10.6. The van der Waals surface area contributed by atoms with E-state index in [1.807, 2.05) is 0 Å². The first-order valence-corrected chi connectivity index (χ1v) is 2.37. The molecule has 0 radical (unpaired) electrons. The van der Waals surface area contributed by atoms with Gasteiger partial charge in [0.05, 0.1) is 0 Å². The summed E-state index contributed by atoms with van der Waals surface area (Å²) in [6.45, 7) is 0. The van der Waals surface area contributed by atoms with Crippen LogP contribution in [0.1, 0.15) is 5.82 Å². The first kappa shape index (κ1) is 7.26. The number of rotatable bonds is 0. The van der Waals surface area contributed by atoms with Crippen molar-refractivity contribution in [2.75, 3.05) is 0 Å². The van der Waals surface area contributed by atoms with Gasteiger partial charge in [0.1, 0.15) is 0 Å². The Labute approximate surface area is 57.7 Å². The van der Waals surface area contributed by atoms with Crippen molar-refractivity contribution >= 4 is 11.8 Å². The van der Waals surface area contributed by atoms with Crippen LogP contribution in [0.3, 0.4) is 0 Å². The minimum atomic E-state index is -4.59. The number of hydrogen-bond donors (Lipinski definition) is 0. The van der Waals surface area contributed by atoms with E-state index in [0.29, 0.717) is 0 Å². The summed E-state index contributed by atoms with van der Waals surface area (Å²) >= 11 is 4.88. The molecule has 0 atom stereocenters. The summed E-state index contributed by atoms with van der Waals surface area (Å²) in [5.74, 6) is -1.32. The molecule has 0 fully saturated rings. The summed E-state index contributed by atoms with van der Waals surface area (Å²) in [5.41, 5.74) is 0. The summed E-state index contributed by atoms with van der Waals surface area (Å²) in [7, 11) is 0. The van der Waals surface area contributed by atoms with Gasteiger partial charge in [0, 0.05) is 11.8 Å². The van der Waals surface area contributed by atoms with E-state index in [2.05, 4.69) is 15.5 Å². The minimum Gasteiger partial charge on any atom is -0.163 e.